The van der Waals surface area contributed by atoms with Gasteiger partial charge in [0.05, 0.1) is 11.6 Å². The summed E-state index contributed by atoms with van der Waals surface area (Å²) in [5.74, 6) is -1.20. The summed E-state index contributed by atoms with van der Waals surface area (Å²) in [5.41, 5.74) is -0.261. The summed E-state index contributed by atoms with van der Waals surface area (Å²) >= 11 is 5.71. The molecular formula is C12H16ClN3O4. The van der Waals surface area contributed by atoms with Crippen LogP contribution in [0.2, 0.25) is 5.02 Å². The third-order valence-corrected chi connectivity index (χ3v) is 2.72. The predicted molar refractivity (Wildman–Crippen MR) is 74.2 cm³/mol. The van der Waals surface area contributed by atoms with Crippen LogP contribution in [0.1, 0.15) is 17.4 Å². The van der Waals surface area contributed by atoms with Crippen molar-refractivity contribution in [1.82, 2.24) is 10.3 Å². The van der Waals surface area contributed by atoms with E-state index in [2.05, 4.69) is 15.6 Å². The van der Waals surface area contributed by atoms with Gasteiger partial charge in [-0.1, -0.05) is 11.6 Å². The number of anilines is 1. The van der Waals surface area contributed by atoms with Crippen molar-refractivity contribution in [2.24, 2.45) is 0 Å². The van der Waals surface area contributed by atoms with E-state index in [1.165, 1.54) is 12.1 Å². The van der Waals surface area contributed by atoms with E-state index in [0.717, 1.165) is 0 Å². The van der Waals surface area contributed by atoms with Crippen molar-refractivity contribution in [2.45, 2.75) is 13.0 Å². The van der Waals surface area contributed by atoms with Gasteiger partial charge in [-0.15, -0.1) is 0 Å². The van der Waals surface area contributed by atoms with E-state index in [9.17, 15) is 9.59 Å². The summed E-state index contributed by atoms with van der Waals surface area (Å²) < 4.78 is 4.82. The van der Waals surface area contributed by atoms with Crippen molar-refractivity contribution >= 4 is 29.3 Å². The molecule has 1 amide bonds. The number of halogens is 1. The Bertz CT molecular complexity index is 496. The fourth-order valence-corrected chi connectivity index (χ4v) is 1.58. The average molecular weight is 302 g/mol. The molecule has 7 nitrogen and oxygen atoms in total. The highest BCUT2D eigenvalue weighted by atomic mass is 35.5. The van der Waals surface area contributed by atoms with Crippen LogP contribution >= 0.6 is 11.6 Å². The van der Waals surface area contributed by atoms with Gasteiger partial charge in [0, 0.05) is 13.7 Å². The zero-order chi connectivity index (χ0) is 15.1. The third-order valence-electron chi connectivity index (χ3n) is 2.41. The van der Waals surface area contributed by atoms with Gasteiger partial charge in [-0.2, -0.15) is 0 Å². The Labute approximate surface area is 121 Å². The van der Waals surface area contributed by atoms with E-state index in [1.54, 1.807) is 14.0 Å². The Morgan fingerprint density at radius 1 is 1.50 bits per heavy atom. The van der Waals surface area contributed by atoms with Crippen LogP contribution in [-0.2, 0) is 9.53 Å². The van der Waals surface area contributed by atoms with E-state index in [1.807, 2.05) is 0 Å². The largest absolute Gasteiger partial charge is 0.476 e. The number of methoxy groups -OCH3 is 1. The summed E-state index contributed by atoms with van der Waals surface area (Å²) in [4.78, 5) is 26.5. The maximum Gasteiger partial charge on any atom is 0.356 e. The lowest BCUT2D eigenvalue weighted by Crippen LogP contribution is -2.39. The van der Waals surface area contributed by atoms with Crippen LogP contribution < -0.4 is 10.6 Å². The maximum atomic E-state index is 11.7. The number of hydrogen-bond acceptors (Lipinski definition) is 5. The second-order valence-electron chi connectivity index (χ2n) is 3.98. The number of carbonyl (C=O) groups is 2. The van der Waals surface area contributed by atoms with Gasteiger partial charge in [-0.05, 0) is 19.1 Å². The lowest BCUT2D eigenvalue weighted by molar-refractivity contribution is -0.121. The van der Waals surface area contributed by atoms with E-state index < -0.39 is 12.0 Å². The predicted octanol–water partition coefficient (Wildman–Crippen LogP) is 0.996. The molecule has 0 aromatic carbocycles. The fraction of sp³-hybridized carbons (Fsp3) is 0.417. The molecule has 1 rings (SSSR count). The van der Waals surface area contributed by atoms with E-state index >= 15 is 0 Å². The molecule has 110 valence electrons. The van der Waals surface area contributed by atoms with Crippen LogP contribution in [0, 0.1) is 0 Å². The second-order valence-corrected chi connectivity index (χ2v) is 4.39. The van der Waals surface area contributed by atoms with Gasteiger partial charge >= 0.3 is 5.97 Å². The molecule has 0 aliphatic carbocycles. The zero-order valence-corrected chi connectivity index (χ0v) is 11.9. The summed E-state index contributed by atoms with van der Waals surface area (Å²) in [7, 11) is 1.54. The number of nitrogens with zero attached hydrogens (tertiary/aromatic N) is 1. The minimum absolute atomic E-state index is 0.0419. The summed E-state index contributed by atoms with van der Waals surface area (Å²) in [6.07, 6.45) is 0. The van der Waals surface area contributed by atoms with Crippen LogP contribution in [0.15, 0.2) is 12.1 Å². The standard InChI is InChI=1S/C12H16ClN3O4/c1-7(11(17)14-5-6-20-2)15-9-4-3-8(13)10(16-9)12(18)19/h3-4,7H,5-6H2,1-2H3,(H,14,17)(H,15,16)(H,18,19). The number of pyridine rings is 1. The Balaban J connectivity index is 2.66. The second kappa shape index (κ2) is 7.66. The number of aromatic carboxylic acids is 1. The minimum Gasteiger partial charge on any atom is -0.476 e. The molecule has 20 heavy (non-hydrogen) atoms. The highest BCUT2D eigenvalue weighted by molar-refractivity contribution is 6.33. The SMILES string of the molecule is COCCNC(=O)C(C)Nc1ccc(Cl)c(C(=O)O)n1. The zero-order valence-electron chi connectivity index (χ0n) is 11.1. The molecule has 1 aromatic heterocycles. The van der Waals surface area contributed by atoms with Crippen molar-refractivity contribution in [1.29, 1.82) is 0 Å². The molecule has 0 aliphatic rings. The van der Waals surface area contributed by atoms with Gasteiger partial charge in [0.25, 0.3) is 0 Å². The molecule has 3 N–H and O–H groups in total. The molecule has 0 radical (unpaired) electrons. The van der Waals surface area contributed by atoms with Gasteiger partial charge in [-0.25, -0.2) is 9.78 Å². The topological polar surface area (TPSA) is 101 Å². The minimum atomic E-state index is -1.23. The molecule has 1 atom stereocenters. The lowest BCUT2D eigenvalue weighted by Gasteiger charge is -2.15. The Morgan fingerprint density at radius 3 is 2.80 bits per heavy atom. The van der Waals surface area contributed by atoms with E-state index in [0.29, 0.717) is 13.2 Å². The van der Waals surface area contributed by atoms with Crippen molar-refractivity contribution in [3.8, 4) is 0 Å². The van der Waals surface area contributed by atoms with E-state index in [-0.39, 0.29) is 22.4 Å². The Morgan fingerprint density at radius 2 is 2.20 bits per heavy atom. The number of carbonyl (C=O) groups excluding carboxylic acids is 1. The molecule has 0 spiro atoms. The average Bonchev–Trinajstić information content (AvgIpc) is 2.40. The molecule has 1 heterocycles. The molecular weight excluding hydrogens is 286 g/mol. The van der Waals surface area contributed by atoms with Gasteiger partial charge in [0.15, 0.2) is 5.69 Å². The van der Waals surface area contributed by atoms with E-state index in [4.69, 9.17) is 21.4 Å². The number of aromatic nitrogens is 1. The van der Waals surface area contributed by atoms with Crippen LogP contribution in [0.3, 0.4) is 0 Å². The first kappa shape index (κ1) is 16.2. The van der Waals surface area contributed by atoms with Gasteiger partial charge in [0.1, 0.15) is 11.9 Å². The maximum absolute atomic E-state index is 11.7. The number of amides is 1. The van der Waals surface area contributed by atoms with Crippen molar-refractivity contribution < 1.29 is 19.4 Å². The van der Waals surface area contributed by atoms with Crippen molar-refractivity contribution in [2.75, 3.05) is 25.6 Å². The molecule has 0 bridgehead atoms. The Hall–Kier alpha value is -1.86. The molecule has 1 aromatic rings. The highest BCUT2D eigenvalue weighted by Gasteiger charge is 2.15. The van der Waals surface area contributed by atoms with Crippen LogP contribution in [0.4, 0.5) is 5.82 Å². The Kier molecular flexibility index (Phi) is 6.20. The number of hydrogen-bond donors (Lipinski definition) is 3. The fourth-order valence-electron chi connectivity index (χ4n) is 1.39. The third kappa shape index (κ3) is 4.67. The van der Waals surface area contributed by atoms with Gasteiger partial charge in [0.2, 0.25) is 5.91 Å². The molecule has 0 aliphatic heterocycles. The number of ether oxygens (including phenoxy) is 1. The highest BCUT2D eigenvalue weighted by Crippen LogP contribution is 2.17. The molecule has 0 saturated heterocycles. The lowest BCUT2D eigenvalue weighted by atomic mass is 10.3. The number of nitrogens with one attached hydrogen (secondary N) is 2. The number of rotatable bonds is 7. The van der Waals surface area contributed by atoms with Crippen molar-refractivity contribution in [3.63, 3.8) is 0 Å². The first-order valence-electron chi connectivity index (χ1n) is 5.88. The van der Waals surface area contributed by atoms with Crippen LogP contribution in [0.25, 0.3) is 0 Å². The molecule has 8 heteroatoms. The summed E-state index contributed by atoms with van der Waals surface area (Å²) in [6, 6.07) is 2.35. The number of carboxylic acids is 1. The molecule has 0 saturated carbocycles. The number of carboxylic acid groups (broad SMARTS) is 1. The van der Waals surface area contributed by atoms with Crippen molar-refractivity contribution in [3.05, 3.63) is 22.8 Å². The van der Waals surface area contributed by atoms with Crippen LogP contribution in [0.5, 0.6) is 0 Å². The summed E-state index contributed by atoms with van der Waals surface area (Å²) in [5, 5.41) is 14.4. The quantitative estimate of drug-likeness (QED) is 0.650. The normalized spacial score (nSPS) is 11.8. The summed E-state index contributed by atoms with van der Waals surface area (Å²) in [6.45, 7) is 2.45. The molecule has 1 unspecified atom stereocenters. The smallest absolute Gasteiger partial charge is 0.356 e. The monoisotopic (exact) mass is 301 g/mol. The van der Waals surface area contributed by atoms with Gasteiger partial charge < -0.3 is 20.5 Å². The first-order valence-corrected chi connectivity index (χ1v) is 6.26. The van der Waals surface area contributed by atoms with Gasteiger partial charge in [-0.3, -0.25) is 4.79 Å². The molecule has 0 fully saturated rings. The first-order chi connectivity index (χ1) is 9.45. The van der Waals surface area contributed by atoms with Crippen LogP contribution in [-0.4, -0.2) is 48.3 Å².